The van der Waals surface area contributed by atoms with Gasteiger partial charge in [0, 0.05) is 46.7 Å². The second-order valence-corrected chi connectivity index (χ2v) is 10.5. The average Bonchev–Trinajstić information content (AvgIpc) is 3.00. The Balaban J connectivity index is 1.33. The summed E-state index contributed by atoms with van der Waals surface area (Å²) in [5, 5.41) is 15.3. The van der Waals surface area contributed by atoms with E-state index in [9.17, 15) is 19.5 Å². The van der Waals surface area contributed by atoms with E-state index in [-0.39, 0.29) is 18.5 Å². The molecule has 0 bridgehead atoms. The van der Waals surface area contributed by atoms with Crippen molar-refractivity contribution in [2.24, 2.45) is 0 Å². The summed E-state index contributed by atoms with van der Waals surface area (Å²) in [6.07, 6.45) is 2.15. The molecule has 0 aliphatic carbocycles. The molecule has 1 saturated heterocycles. The zero-order valence-electron chi connectivity index (χ0n) is 19.0. The number of hydrogen-bond donors (Lipinski definition) is 4. The van der Waals surface area contributed by atoms with Crippen LogP contribution in [0.3, 0.4) is 0 Å². The van der Waals surface area contributed by atoms with E-state index in [0.29, 0.717) is 47.1 Å². The normalized spacial score (nSPS) is 17.3. The van der Waals surface area contributed by atoms with Crippen LogP contribution < -0.4 is 16.4 Å². The van der Waals surface area contributed by atoms with Crippen molar-refractivity contribution in [2.75, 3.05) is 30.7 Å². The summed E-state index contributed by atoms with van der Waals surface area (Å²) in [4.78, 5) is 41.0. The largest absolute Gasteiger partial charge is 0.480 e. The molecule has 2 aromatic rings. The van der Waals surface area contributed by atoms with Crippen LogP contribution in [0.15, 0.2) is 45.3 Å². The second kappa shape index (κ2) is 10.9. The summed E-state index contributed by atoms with van der Waals surface area (Å²) in [5.41, 5.74) is 9.11. The predicted octanol–water partition coefficient (Wildman–Crippen LogP) is 4.05. The number of amides is 4. The number of nitrogens with zero attached hydrogens (tertiary/aromatic N) is 2. The Morgan fingerprint density at radius 1 is 1.14 bits per heavy atom. The van der Waals surface area contributed by atoms with E-state index in [0.717, 1.165) is 23.2 Å². The lowest BCUT2D eigenvalue weighted by atomic mass is 10.0. The fourth-order valence-electron chi connectivity index (χ4n) is 4.55. The van der Waals surface area contributed by atoms with Gasteiger partial charge in [0.1, 0.15) is 6.04 Å². The minimum atomic E-state index is -1.11. The van der Waals surface area contributed by atoms with Gasteiger partial charge in [-0.15, -0.1) is 0 Å². The molecule has 1 fully saturated rings. The number of fused-ring (bicyclic) bond motifs is 1. The third-order valence-corrected chi connectivity index (χ3v) is 7.82. The number of piperidine rings is 1. The van der Waals surface area contributed by atoms with Gasteiger partial charge in [-0.05, 0) is 80.4 Å². The number of benzene rings is 2. The maximum absolute atomic E-state index is 12.9. The lowest BCUT2D eigenvalue weighted by Crippen LogP contribution is -2.54. The van der Waals surface area contributed by atoms with Crippen molar-refractivity contribution in [1.82, 2.24) is 15.1 Å². The Kier molecular flexibility index (Phi) is 7.85. The standard InChI is InChI=1S/C24H27Br2N5O4/c25-17-11-14(12-18(26)21(17)27)13-20(22(32)33)29-23(34)30-8-6-16(7-9-30)31-10-5-15-3-1-2-4-19(15)28-24(31)35/h1-4,11-12,16,20H,5-10,13,27H2,(H,28,35)(H,29,34)(H,32,33). The van der Waals surface area contributed by atoms with Crippen LogP contribution in [0.25, 0.3) is 0 Å². The van der Waals surface area contributed by atoms with Gasteiger partial charge in [0.05, 0.1) is 5.69 Å². The van der Waals surface area contributed by atoms with Crippen molar-refractivity contribution < 1.29 is 19.5 Å². The van der Waals surface area contributed by atoms with Crippen LogP contribution in [-0.2, 0) is 17.6 Å². The maximum Gasteiger partial charge on any atom is 0.326 e. The van der Waals surface area contributed by atoms with Gasteiger partial charge < -0.3 is 31.3 Å². The van der Waals surface area contributed by atoms with E-state index in [4.69, 9.17) is 5.73 Å². The third kappa shape index (κ3) is 5.90. The molecule has 0 aromatic heterocycles. The van der Waals surface area contributed by atoms with Crippen LogP contribution in [0.5, 0.6) is 0 Å². The summed E-state index contributed by atoms with van der Waals surface area (Å²) < 4.78 is 1.31. The van der Waals surface area contributed by atoms with E-state index >= 15 is 0 Å². The molecule has 2 heterocycles. The van der Waals surface area contributed by atoms with Crippen molar-refractivity contribution in [1.29, 1.82) is 0 Å². The molecule has 0 radical (unpaired) electrons. The average molecular weight is 609 g/mol. The molecule has 2 aliphatic rings. The Morgan fingerprint density at radius 2 is 1.80 bits per heavy atom. The van der Waals surface area contributed by atoms with Crippen LogP contribution in [-0.4, -0.2) is 64.7 Å². The smallest absolute Gasteiger partial charge is 0.326 e. The van der Waals surface area contributed by atoms with E-state index in [1.54, 1.807) is 17.0 Å². The van der Waals surface area contributed by atoms with Crippen molar-refractivity contribution in [3.8, 4) is 0 Å². The van der Waals surface area contributed by atoms with Crippen LogP contribution in [0.1, 0.15) is 24.0 Å². The highest BCUT2D eigenvalue weighted by Gasteiger charge is 2.32. The number of para-hydroxylation sites is 1. The molecule has 0 spiro atoms. The summed E-state index contributed by atoms with van der Waals surface area (Å²) in [7, 11) is 0. The number of anilines is 2. The molecule has 5 N–H and O–H groups in total. The van der Waals surface area contributed by atoms with Gasteiger partial charge in [-0.3, -0.25) is 0 Å². The molecule has 9 nitrogen and oxygen atoms in total. The number of nitrogen functional groups attached to an aromatic ring is 1. The van der Waals surface area contributed by atoms with Gasteiger partial charge in [0.2, 0.25) is 0 Å². The number of nitrogens with two attached hydrogens (primary N) is 1. The Labute approximate surface area is 220 Å². The first-order chi connectivity index (χ1) is 16.7. The highest BCUT2D eigenvalue weighted by Crippen LogP contribution is 2.30. The molecule has 4 amide bonds. The molecular weight excluding hydrogens is 582 g/mol. The van der Waals surface area contributed by atoms with Gasteiger partial charge in [-0.25, -0.2) is 14.4 Å². The van der Waals surface area contributed by atoms with Crippen molar-refractivity contribution >= 4 is 61.3 Å². The zero-order chi connectivity index (χ0) is 25.1. The van der Waals surface area contributed by atoms with Crippen LogP contribution in [0.2, 0.25) is 0 Å². The Bertz CT molecular complexity index is 1110. The quantitative estimate of drug-likeness (QED) is 0.381. The lowest BCUT2D eigenvalue weighted by molar-refractivity contribution is -0.139. The highest BCUT2D eigenvalue weighted by atomic mass is 79.9. The number of halogens is 2. The number of carboxylic acid groups (broad SMARTS) is 1. The van der Waals surface area contributed by atoms with Crippen LogP contribution in [0, 0.1) is 0 Å². The number of carbonyl (C=O) groups is 3. The van der Waals surface area contributed by atoms with E-state index in [1.807, 2.05) is 29.2 Å². The molecule has 1 unspecified atom stereocenters. The molecule has 0 saturated carbocycles. The SMILES string of the molecule is Nc1c(Br)cc(CC(NC(=O)N2CCC(N3CCc4ccccc4NC3=O)CC2)C(=O)O)cc1Br. The lowest BCUT2D eigenvalue weighted by Gasteiger charge is -2.38. The van der Waals surface area contributed by atoms with E-state index in [1.165, 1.54) is 0 Å². The highest BCUT2D eigenvalue weighted by molar-refractivity contribution is 9.11. The monoisotopic (exact) mass is 607 g/mol. The Morgan fingerprint density at radius 3 is 2.46 bits per heavy atom. The molecule has 35 heavy (non-hydrogen) atoms. The van der Waals surface area contributed by atoms with Gasteiger partial charge in [-0.2, -0.15) is 0 Å². The second-order valence-electron chi connectivity index (χ2n) is 8.77. The molecular formula is C24H27Br2N5O4. The van der Waals surface area contributed by atoms with Crippen molar-refractivity contribution in [3.05, 3.63) is 56.5 Å². The first-order valence-corrected chi connectivity index (χ1v) is 13.0. The molecule has 4 rings (SSSR count). The number of carbonyl (C=O) groups excluding carboxylic acids is 2. The zero-order valence-corrected chi connectivity index (χ0v) is 22.1. The molecule has 11 heteroatoms. The fourth-order valence-corrected chi connectivity index (χ4v) is 5.83. The number of carboxylic acids is 1. The number of urea groups is 2. The van der Waals surface area contributed by atoms with Gasteiger partial charge in [0.25, 0.3) is 0 Å². The number of aliphatic carboxylic acids is 1. The molecule has 2 aromatic carbocycles. The fraction of sp³-hybridized carbons (Fsp3) is 0.375. The Hall–Kier alpha value is -2.79. The third-order valence-electron chi connectivity index (χ3n) is 6.51. The first kappa shape index (κ1) is 25.3. The van der Waals surface area contributed by atoms with E-state index < -0.39 is 18.0 Å². The van der Waals surface area contributed by atoms with Crippen molar-refractivity contribution in [3.63, 3.8) is 0 Å². The summed E-state index contributed by atoms with van der Waals surface area (Å²) in [6.45, 7) is 1.50. The summed E-state index contributed by atoms with van der Waals surface area (Å²) in [5.74, 6) is -1.11. The first-order valence-electron chi connectivity index (χ1n) is 11.4. The minimum Gasteiger partial charge on any atom is -0.480 e. The molecule has 1 atom stereocenters. The topological polar surface area (TPSA) is 128 Å². The number of likely N-dealkylation sites (tertiary alicyclic amines) is 1. The minimum absolute atomic E-state index is 0.0214. The number of hydrogen-bond acceptors (Lipinski definition) is 4. The molecule has 2 aliphatic heterocycles. The number of nitrogens with one attached hydrogen (secondary N) is 2. The van der Waals surface area contributed by atoms with Crippen LogP contribution in [0.4, 0.5) is 21.0 Å². The van der Waals surface area contributed by atoms with Crippen LogP contribution >= 0.6 is 31.9 Å². The van der Waals surface area contributed by atoms with Gasteiger partial charge in [-0.1, -0.05) is 18.2 Å². The number of rotatable bonds is 5. The maximum atomic E-state index is 12.9. The molecule has 186 valence electrons. The van der Waals surface area contributed by atoms with Gasteiger partial charge >= 0.3 is 18.0 Å². The summed E-state index contributed by atoms with van der Waals surface area (Å²) in [6, 6.07) is 9.69. The van der Waals surface area contributed by atoms with Gasteiger partial charge in [0.15, 0.2) is 0 Å². The van der Waals surface area contributed by atoms with E-state index in [2.05, 4.69) is 42.5 Å². The predicted molar refractivity (Wildman–Crippen MR) is 140 cm³/mol. The summed E-state index contributed by atoms with van der Waals surface area (Å²) >= 11 is 6.73. The van der Waals surface area contributed by atoms with Crippen molar-refractivity contribution in [2.45, 2.75) is 37.8 Å².